The van der Waals surface area contributed by atoms with Crippen LogP contribution in [0.2, 0.25) is 0 Å². The summed E-state index contributed by atoms with van der Waals surface area (Å²) in [6.07, 6.45) is 5.23. The molecule has 0 atom stereocenters. The van der Waals surface area contributed by atoms with E-state index < -0.39 is 0 Å². The maximum Gasteiger partial charge on any atom is 0.225 e. The van der Waals surface area contributed by atoms with Crippen molar-refractivity contribution in [3.63, 3.8) is 0 Å². The van der Waals surface area contributed by atoms with Gasteiger partial charge in [0.15, 0.2) is 5.82 Å². The van der Waals surface area contributed by atoms with Crippen LogP contribution in [0.5, 0.6) is 0 Å². The Morgan fingerprint density at radius 1 is 1.04 bits per heavy atom. The van der Waals surface area contributed by atoms with Crippen LogP contribution in [0.1, 0.15) is 0 Å². The molecule has 0 fully saturated rings. The largest absolute Gasteiger partial charge is 0.343 e. The molecule has 0 saturated heterocycles. The molecule has 0 aliphatic rings. The number of anilines is 1. The molecular formula is C19H23FN6. The van der Waals surface area contributed by atoms with E-state index in [1.54, 1.807) is 30.6 Å². The van der Waals surface area contributed by atoms with Crippen LogP contribution in [0.15, 0.2) is 42.9 Å². The Hall–Kier alpha value is -2.80. The van der Waals surface area contributed by atoms with E-state index in [0.29, 0.717) is 28.6 Å². The molecule has 0 unspecified atom stereocenters. The second-order valence-corrected chi connectivity index (χ2v) is 6.50. The Morgan fingerprint density at radius 2 is 1.81 bits per heavy atom. The summed E-state index contributed by atoms with van der Waals surface area (Å²) in [5, 5.41) is 0. The molecular weight excluding hydrogens is 331 g/mol. The van der Waals surface area contributed by atoms with Gasteiger partial charge in [0, 0.05) is 56.9 Å². The van der Waals surface area contributed by atoms with E-state index in [1.165, 1.54) is 6.07 Å². The average Bonchev–Trinajstić information content (AvgIpc) is 3.05. The van der Waals surface area contributed by atoms with Crippen molar-refractivity contribution in [1.29, 1.82) is 0 Å². The van der Waals surface area contributed by atoms with Gasteiger partial charge in [-0.05, 0) is 20.2 Å². The fourth-order valence-electron chi connectivity index (χ4n) is 2.65. The molecule has 2 aromatic heterocycles. The fourth-order valence-corrected chi connectivity index (χ4v) is 2.65. The molecule has 1 aromatic carbocycles. The molecule has 0 aliphatic carbocycles. The van der Waals surface area contributed by atoms with Crippen molar-refractivity contribution < 1.29 is 4.39 Å². The summed E-state index contributed by atoms with van der Waals surface area (Å²) in [7, 11) is 7.89. The zero-order valence-electron chi connectivity index (χ0n) is 15.5. The first-order chi connectivity index (χ1) is 12.5. The van der Waals surface area contributed by atoms with E-state index in [4.69, 9.17) is 4.98 Å². The number of nitrogens with zero attached hydrogens (tertiary/aromatic N) is 6. The van der Waals surface area contributed by atoms with Gasteiger partial charge >= 0.3 is 0 Å². The summed E-state index contributed by atoms with van der Waals surface area (Å²) in [6, 6.07) is 6.64. The van der Waals surface area contributed by atoms with Gasteiger partial charge in [0.25, 0.3) is 0 Å². The molecule has 0 N–H and O–H groups in total. The molecule has 0 radical (unpaired) electrons. The first-order valence-corrected chi connectivity index (χ1v) is 8.43. The summed E-state index contributed by atoms with van der Waals surface area (Å²) in [4.78, 5) is 17.7. The zero-order valence-corrected chi connectivity index (χ0v) is 15.5. The molecule has 7 heteroatoms. The lowest BCUT2D eigenvalue weighted by Crippen LogP contribution is -2.29. The Morgan fingerprint density at radius 3 is 2.46 bits per heavy atom. The van der Waals surface area contributed by atoms with E-state index in [1.807, 2.05) is 43.9 Å². The van der Waals surface area contributed by atoms with Crippen LogP contribution in [-0.2, 0) is 7.05 Å². The van der Waals surface area contributed by atoms with Crippen LogP contribution in [0, 0.1) is 5.82 Å². The predicted octanol–water partition coefficient (Wildman–Crippen LogP) is 2.68. The molecule has 0 saturated carbocycles. The number of halogens is 1. The Balaban J connectivity index is 2.08. The van der Waals surface area contributed by atoms with Crippen molar-refractivity contribution in [2.75, 3.05) is 39.1 Å². The van der Waals surface area contributed by atoms with Crippen molar-refractivity contribution in [3.05, 3.63) is 48.7 Å². The highest BCUT2D eigenvalue weighted by Gasteiger charge is 2.18. The lowest BCUT2D eigenvalue weighted by Gasteiger charge is -2.21. The molecule has 0 spiro atoms. The summed E-state index contributed by atoms with van der Waals surface area (Å²) < 4.78 is 16.2. The molecule has 136 valence electrons. The monoisotopic (exact) mass is 354 g/mol. The van der Waals surface area contributed by atoms with E-state index in [-0.39, 0.29) is 5.82 Å². The van der Waals surface area contributed by atoms with Crippen molar-refractivity contribution >= 4 is 5.95 Å². The molecule has 0 bridgehead atoms. The molecule has 26 heavy (non-hydrogen) atoms. The van der Waals surface area contributed by atoms with Gasteiger partial charge in [0.05, 0.1) is 0 Å². The number of aromatic nitrogens is 4. The number of likely N-dealkylation sites (N-methyl/N-ethyl adjacent to an activating group) is 2. The van der Waals surface area contributed by atoms with Crippen LogP contribution in [0.3, 0.4) is 0 Å². The van der Waals surface area contributed by atoms with Gasteiger partial charge in [-0.15, -0.1) is 0 Å². The van der Waals surface area contributed by atoms with E-state index in [9.17, 15) is 4.39 Å². The molecule has 0 aliphatic heterocycles. The number of hydrogen-bond donors (Lipinski definition) is 0. The molecule has 3 aromatic rings. The minimum atomic E-state index is -0.305. The maximum atomic E-state index is 14.4. The van der Waals surface area contributed by atoms with Crippen LogP contribution in [0.25, 0.3) is 22.6 Å². The zero-order chi connectivity index (χ0) is 18.7. The van der Waals surface area contributed by atoms with Gasteiger partial charge in [-0.25, -0.2) is 19.3 Å². The third-order valence-electron chi connectivity index (χ3n) is 4.20. The van der Waals surface area contributed by atoms with Crippen molar-refractivity contribution in [2.24, 2.45) is 7.05 Å². The SMILES string of the molecule is CN(C)CCN(C)c1ncc(-c2ccccc2F)c(-c2nccn2C)n1. The summed E-state index contributed by atoms with van der Waals surface area (Å²) in [5.41, 5.74) is 1.71. The molecule has 3 rings (SSSR count). The van der Waals surface area contributed by atoms with Crippen molar-refractivity contribution in [1.82, 2.24) is 24.4 Å². The quantitative estimate of drug-likeness (QED) is 0.681. The lowest BCUT2D eigenvalue weighted by atomic mass is 10.0. The highest BCUT2D eigenvalue weighted by Crippen LogP contribution is 2.31. The molecule has 6 nitrogen and oxygen atoms in total. The van der Waals surface area contributed by atoms with Crippen LogP contribution >= 0.6 is 0 Å². The number of hydrogen-bond acceptors (Lipinski definition) is 5. The Labute approximate surface area is 152 Å². The van der Waals surface area contributed by atoms with Gasteiger partial charge in [-0.2, -0.15) is 0 Å². The van der Waals surface area contributed by atoms with Crippen molar-refractivity contribution in [2.45, 2.75) is 0 Å². The Kier molecular flexibility index (Phi) is 5.27. The van der Waals surface area contributed by atoms with E-state index in [0.717, 1.165) is 13.1 Å². The second-order valence-electron chi connectivity index (χ2n) is 6.50. The topological polar surface area (TPSA) is 50.1 Å². The first kappa shape index (κ1) is 18.0. The smallest absolute Gasteiger partial charge is 0.225 e. The van der Waals surface area contributed by atoms with Gasteiger partial charge < -0.3 is 14.4 Å². The van der Waals surface area contributed by atoms with Gasteiger partial charge in [-0.3, -0.25) is 0 Å². The highest BCUT2D eigenvalue weighted by atomic mass is 19.1. The number of imidazole rings is 1. The number of benzene rings is 1. The van der Waals surface area contributed by atoms with E-state index in [2.05, 4.69) is 14.9 Å². The normalized spacial score (nSPS) is 11.2. The summed E-state index contributed by atoms with van der Waals surface area (Å²) in [6.45, 7) is 1.67. The van der Waals surface area contributed by atoms with E-state index >= 15 is 0 Å². The van der Waals surface area contributed by atoms with Gasteiger partial charge in [-0.1, -0.05) is 18.2 Å². The summed E-state index contributed by atoms with van der Waals surface area (Å²) >= 11 is 0. The third-order valence-corrected chi connectivity index (χ3v) is 4.20. The summed E-state index contributed by atoms with van der Waals surface area (Å²) in [5.74, 6) is 0.957. The highest BCUT2D eigenvalue weighted by molar-refractivity contribution is 5.78. The lowest BCUT2D eigenvalue weighted by molar-refractivity contribution is 0.415. The van der Waals surface area contributed by atoms with Gasteiger partial charge in [0.1, 0.15) is 11.5 Å². The predicted molar refractivity (Wildman–Crippen MR) is 101 cm³/mol. The number of aryl methyl sites for hydroxylation is 1. The van der Waals surface area contributed by atoms with Crippen molar-refractivity contribution in [3.8, 4) is 22.6 Å². The first-order valence-electron chi connectivity index (χ1n) is 8.43. The van der Waals surface area contributed by atoms with Crippen LogP contribution in [-0.4, -0.2) is 58.7 Å². The molecule has 0 amide bonds. The molecule has 2 heterocycles. The van der Waals surface area contributed by atoms with Gasteiger partial charge in [0.2, 0.25) is 5.95 Å². The minimum absolute atomic E-state index is 0.305. The second kappa shape index (κ2) is 7.61. The minimum Gasteiger partial charge on any atom is -0.343 e. The van der Waals surface area contributed by atoms with Crippen LogP contribution in [0.4, 0.5) is 10.3 Å². The van der Waals surface area contributed by atoms with Crippen LogP contribution < -0.4 is 4.90 Å². The third kappa shape index (κ3) is 3.72. The Bertz CT molecular complexity index is 889. The standard InChI is InChI=1S/C19H23FN6/c1-24(2)11-12-26(4)19-22-13-15(14-7-5-6-8-16(14)20)17(23-19)18-21-9-10-25(18)3/h5-10,13H,11-12H2,1-4H3. The maximum absolute atomic E-state index is 14.4. The number of rotatable bonds is 6. The fraction of sp³-hybridized carbons (Fsp3) is 0.316. The average molecular weight is 354 g/mol.